The molecule has 5 aliphatic carbocycles. The molecular weight excluding hydrogens is 426 g/mol. The Bertz CT molecular complexity index is 814. The number of piperidine rings is 1. The number of likely N-dealkylation sites (N-methyl/N-ethyl adjacent to an activating group) is 1. The number of aliphatic hydroxyl groups excluding tert-OH is 2. The van der Waals surface area contributed by atoms with Crippen molar-refractivity contribution in [2.45, 2.75) is 74.3 Å². The normalized spacial score (nSPS) is 60.9. The molecule has 6 rings (SSSR count). The van der Waals surface area contributed by atoms with Gasteiger partial charge < -0.3 is 34.3 Å². The van der Waals surface area contributed by atoms with Crippen molar-refractivity contribution in [3.05, 3.63) is 0 Å². The van der Waals surface area contributed by atoms with E-state index in [1.54, 1.807) is 28.4 Å². The number of hydrogen-bond acceptors (Lipinski definition) is 8. The molecular formula is C25H41NO7. The highest BCUT2D eigenvalue weighted by atomic mass is 16.5. The van der Waals surface area contributed by atoms with Gasteiger partial charge in [-0.05, 0) is 31.7 Å². The summed E-state index contributed by atoms with van der Waals surface area (Å²) >= 11 is 0. The second kappa shape index (κ2) is 7.13. The van der Waals surface area contributed by atoms with Gasteiger partial charge in [0, 0.05) is 70.0 Å². The van der Waals surface area contributed by atoms with E-state index in [4.69, 9.17) is 18.9 Å². The van der Waals surface area contributed by atoms with Gasteiger partial charge in [-0.25, -0.2) is 0 Å². The average molecular weight is 468 g/mol. The fourth-order valence-corrected chi connectivity index (χ4v) is 11.1. The van der Waals surface area contributed by atoms with Gasteiger partial charge in [0.1, 0.15) is 11.2 Å². The Morgan fingerprint density at radius 2 is 1.85 bits per heavy atom. The summed E-state index contributed by atoms with van der Waals surface area (Å²) in [5, 5.41) is 37.1. The van der Waals surface area contributed by atoms with Crippen LogP contribution in [0.25, 0.3) is 0 Å². The summed E-state index contributed by atoms with van der Waals surface area (Å²) in [5.41, 5.74) is -3.53. The molecule has 1 spiro atoms. The van der Waals surface area contributed by atoms with Crippen molar-refractivity contribution in [3.63, 3.8) is 0 Å². The van der Waals surface area contributed by atoms with Crippen LogP contribution in [0.1, 0.15) is 32.6 Å². The number of nitrogens with zero attached hydrogens (tertiary/aromatic N) is 1. The van der Waals surface area contributed by atoms with Crippen LogP contribution in [-0.2, 0) is 18.9 Å². The lowest BCUT2D eigenvalue weighted by molar-refractivity contribution is -0.324. The van der Waals surface area contributed by atoms with Crippen LogP contribution in [0.3, 0.4) is 0 Å². The second-order valence-corrected chi connectivity index (χ2v) is 11.9. The van der Waals surface area contributed by atoms with E-state index in [0.717, 1.165) is 25.9 Å². The van der Waals surface area contributed by atoms with E-state index < -0.39 is 28.8 Å². The topological polar surface area (TPSA) is 101 Å². The first-order chi connectivity index (χ1) is 15.8. The Morgan fingerprint density at radius 3 is 2.45 bits per heavy atom. The van der Waals surface area contributed by atoms with Crippen molar-refractivity contribution >= 4 is 0 Å². The maximum atomic E-state index is 12.9. The smallest absolute Gasteiger partial charge is 0.136 e. The Labute approximate surface area is 196 Å². The van der Waals surface area contributed by atoms with Crippen molar-refractivity contribution in [1.82, 2.24) is 4.90 Å². The largest absolute Gasteiger partial charge is 0.392 e. The molecule has 0 aromatic rings. The van der Waals surface area contributed by atoms with Gasteiger partial charge in [-0.2, -0.15) is 0 Å². The Balaban J connectivity index is 1.67. The summed E-state index contributed by atoms with van der Waals surface area (Å²) < 4.78 is 24.3. The minimum Gasteiger partial charge on any atom is -0.392 e. The predicted octanol–water partition coefficient (Wildman–Crippen LogP) is 0.271. The highest BCUT2D eigenvalue weighted by Crippen LogP contribution is 2.80. The zero-order valence-corrected chi connectivity index (χ0v) is 20.6. The quantitative estimate of drug-likeness (QED) is 0.512. The first-order valence-corrected chi connectivity index (χ1v) is 12.7. The monoisotopic (exact) mass is 467 g/mol. The highest BCUT2D eigenvalue weighted by molar-refractivity contribution is 5.41. The number of rotatable bonds is 6. The van der Waals surface area contributed by atoms with Crippen molar-refractivity contribution in [3.8, 4) is 0 Å². The number of ether oxygens (including phenoxy) is 4. The number of aliphatic hydroxyl groups is 3. The standard InChI is InChI=1S/C25H41NO7/c1-6-26-11-22(12-30-2)8-7-16(27)24-14-9-13-15(31-3)10-23(33-5,17(14)18(13)32-4)25(29,21(24)26)20(28)19(22)24/h13-21,27-29H,6-12H2,1-5H3/t13-,14-,15+,16+,17-,18+,19-,20-,21+,22+,23-,24+,25-/m1/s1. The van der Waals surface area contributed by atoms with Gasteiger partial charge in [-0.15, -0.1) is 0 Å². The third kappa shape index (κ3) is 2.16. The molecule has 33 heavy (non-hydrogen) atoms. The van der Waals surface area contributed by atoms with Crippen molar-refractivity contribution in [2.75, 3.05) is 48.1 Å². The molecule has 8 nitrogen and oxygen atoms in total. The lowest BCUT2D eigenvalue weighted by Crippen LogP contribution is -2.82. The Hall–Kier alpha value is -0.320. The van der Waals surface area contributed by atoms with Crippen LogP contribution in [0, 0.1) is 34.5 Å². The first kappa shape index (κ1) is 23.1. The molecule has 0 unspecified atom stereocenters. The van der Waals surface area contributed by atoms with E-state index in [1.165, 1.54) is 0 Å². The predicted molar refractivity (Wildman–Crippen MR) is 119 cm³/mol. The number of fused-ring (bicyclic) bond motifs is 2. The van der Waals surface area contributed by atoms with Gasteiger partial charge >= 0.3 is 0 Å². The minimum atomic E-state index is -1.55. The molecule has 7 bridgehead atoms. The molecule has 6 fully saturated rings. The van der Waals surface area contributed by atoms with Gasteiger partial charge in [-0.1, -0.05) is 6.92 Å². The molecule has 6 aliphatic rings. The van der Waals surface area contributed by atoms with Gasteiger partial charge in [-0.3, -0.25) is 4.90 Å². The molecule has 3 N–H and O–H groups in total. The number of hydrogen-bond donors (Lipinski definition) is 3. The van der Waals surface area contributed by atoms with Crippen molar-refractivity contribution < 1.29 is 34.3 Å². The molecule has 13 atom stereocenters. The summed E-state index contributed by atoms with van der Waals surface area (Å²) in [4.78, 5) is 2.33. The van der Waals surface area contributed by atoms with Crippen LogP contribution in [0.4, 0.5) is 0 Å². The van der Waals surface area contributed by atoms with Gasteiger partial charge in [0.15, 0.2) is 0 Å². The van der Waals surface area contributed by atoms with Crippen LogP contribution in [-0.4, -0.2) is 110 Å². The van der Waals surface area contributed by atoms with Gasteiger partial charge in [0.25, 0.3) is 0 Å². The molecule has 0 radical (unpaired) electrons. The molecule has 0 aromatic heterocycles. The fraction of sp³-hybridized carbons (Fsp3) is 1.00. The molecule has 5 saturated carbocycles. The lowest BCUT2D eigenvalue weighted by atomic mass is 9.42. The van der Waals surface area contributed by atoms with E-state index in [-0.39, 0.29) is 47.3 Å². The van der Waals surface area contributed by atoms with Crippen LogP contribution in [0.5, 0.6) is 0 Å². The van der Waals surface area contributed by atoms with E-state index in [1.807, 2.05) is 0 Å². The molecule has 188 valence electrons. The van der Waals surface area contributed by atoms with Crippen LogP contribution in [0.2, 0.25) is 0 Å². The van der Waals surface area contributed by atoms with Crippen molar-refractivity contribution in [1.29, 1.82) is 0 Å². The minimum absolute atomic E-state index is 0.0563. The zero-order chi connectivity index (χ0) is 23.6. The maximum Gasteiger partial charge on any atom is 0.136 e. The van der Waals surface area contributed by atoms with E-state index in [2.05, 4.69) is 11.8 Å². The van der Waals surface area contributed by atoms with E-state index >= 15 is 0 Å². The molecule has 8 heteroatoms. The van der Waals surface area contributed by atoms with Gasteiger partial charge in [0.05, 0.1) is 37.1 Å². The lowest BCUT2D eigenvalue weighted by Gasteiger charge is -2.70. The highest BCUT2D eigenvalue weighted by Gasteiger charge is 2.91. The molecule has 1 heterocycles. The van der Waals surface area contributed by atoms with E-state index in [9.17, 15) is 15.3 Å². The summed E-state index contributed by atoms with van der Waals surface area (Å²) in [6, 6.07) is -0.386. The summed E-state index contributed by atoms with van der Waals surface area (Å²) in [6.45, 7) is 4.11. The summed E-state index contributed by atoms with van der Waals surface area (Å²) in [6.07, 6.45) is 0.890. The summed E-state index contributed by atoms with van der Waals surface area (Å²) in [7, 11) is 6.84. The first-order valence-electron chi connectivity index (χ1n) is 12.7. The van der Waals surface area contributed by atoms with Crippen LogP contribution in [0.15, 0.2) is 0 Å². The molecule has 0 amide bonds. The number of likely N-dealkylation sites (tertiary alicyclic amines) is 1. The maximum absolute atomic E-state index is 12.9. The second-order valence-electron chi connectivity index (χ2n) is 11.9. The summed E-state index contributed by atoms with van der Waals surface area (Å²) in [5.74, 6) is -0.142. The SMILES string of the molecule is CCN1C[C@]2(COC)CC[C@H](O)[C@@]34[C@@H]5C[C@H]6[C@H](OC)[C@@H]5[C@](OC)(C[C@@H]6OC)[C@@](O)([C@H](O)[C@H]23)[C@@H]14. The Morgan fingerprint density at radius 1 is 1.09 bits per heavy atom. The zero-order valence-electron chi connectivity index (χ0n) is 20.6. The Kier molecular flexibility index (Phi) is 4.99. The third-order valence-corrected chi connectivity index (χ3v) is 11.6. The average Bonchev–Trinajstić information content (AvgIpc) is 3.21. The number of methoxy groups -OCH3 is 4. The molecule has 0 aromatic carbocycles. The van der Waals surface area contributed by atoms with Crippen LogP contribution >= 0.6 is 0 Å². The molecule has 1 saturated heterocycles. The molecule has 1 aliphatic heterocycles. The van der Waals surface area contributed by atoms with Gasteiger partial charge in [0.2, 0.25) is 0 Å². The van der Waals surface area contributed by atoms with Crippen LogP contribution < -0.4 is 0 Å². The van der Waals surface area contributed by atoms with E-state index in [0.29, 0.717) is 19.4 Å². The third-order valence-electron chi connectivity index (χ3n) is 11.6. The fourth-order valence-electron chi connectivity index (χ4n) is 11.1. The van der Waals surface area contributed by atoms with Crippen molar-refractivity contribution in [2.24, 2.45) is 34.5 Å².